The number of pyridine rings is 1. The zero-order valence-electron chi connectivity index (χ0n) is 14.4. The quantitative estimate of drug-likeness (QED) is 0.476. The summed E-state index contributed by atoms with van der Waals surface area (Å²) >= 11 is 15.9. The molecule has 3 rings (SSSR count). The van der Waals surface area contributed by atoms with Crippen LogP contribution in [0.5, 0.6) is 11.5 Å². The first-order valence-electron chi connectivity index (χ1n) is 7.93. The van der Waals surface area contributed by atoms with Gasteiger partial charge >= 0.3 is 0 Å². The van der Waals surface area contributed by atoms with Crippen molar-refractivity contribution in [1.82, 2.24) is 4.98 Å². The van der Waals surface area contributed by atoms with Gasteiger partial charge in [-0.2, -0.15) is 5.26 Å². The van der Waals surface area contributed by atoms with Crippen LogP contribution in [0.2, 0.25) is 10.0 Å². The van der Waals surface area contributed by atoms with E-state index >= 15 is 0 Å². The maximum atomic E-state index is 9.55. The Morgan fingerprint density at radius 2 is 1.96 bits per heavy atom. The van der Waals surface area contributed by atoms with E-state index in [1.54, 1.807) is 12.1 Å². The highest BCUT2D eigenvalue weighted by atomic mass is 79.9. The van der Waals surface area contributed by atoms with Crippen LogP contribution in [0.25, 0.3) is 10.9 Å². The van der Waals surface area contributed by atoms with Crippen LogP contribution in [0.15, 0.2) is 34.9 Å². The molecule has 0 spiro atoms. The number of nitriles is 1. The fourth-order valence-electron chi connectivity index (χ4n) is 2.60. The fourth-order valence-corrected chi connectivity index (χ4v) is 3.55. The first kappa shape index (κ1) is 19.6. The van der Waals surface area contributed by atoms with Crippen molar-refractivity contribution in [2.24, 2.45) is 0 Å². The molecule has 1 N–H and O–H groups in total. The third-order valence-corrected chi connectivity index (χ3v) is 5.07. The van der Waals surface area contributed by atoms with Crippen LogP contribution in [-0.4, -0.2) is 18.7 Å². The summed E-state index contributed by atoms with van der Waals surface area (Å²) in [6.07, 6.45) is 1.51. The Hall–Kier alpha value is -2.20. The number of hydrogen-bond donors (Lipinski definition) is 1. The Morgan fingerprint density at radius 1 is 1.19 bits per heavy atom. The molecule has 8 heteroatoms. The van der Waals surface area contributed by atoms with Crippen LogP contribution in [0.1, 0.15) is 12.5 Å². The number of halogens is 3. The Labute approximate surface area is 174 Å². The van der Waals surface area contributed by atoms with Crippen molar-refractivity contribution in [3.05, 3.63) is 50.5 Å². The lowest BCUT2D eigenvalue weighted by Crippen LogP contribution is -2.00. The van der Waals surface area contributed by atoms with Crippen LogP contribution < -0.4 is 14.8 Å². The van der Waals surface area contributed by atoms with Gasteiger partial charge < -0.3 is 14.8 Å². The van der Waals surface area contributed by atoms with Gasteiger partial charge in [-0.3, -0.25) is 4.98 Å². The molecule has 5 nitrogen and oxygen atoms in total. The molecule has 0 fully saturated rings. The van der Waals surface area contributed by atoms with E-state index in [0.29, 0.717) is 50.6 Å². The number of fused-ring (bicyclic) bond motifs is 1. The normalized spacial score (nSPS) is 10.5. The minimum Gasteiger partial charge on any atom is -0.495 e. The number of anilines is 2. The second kappa shape index (κ2) is 8.22. The number of nitrogens with one attached hydrogen (secondary N) is 1. The average Bonchev–Trinajstić information content (AvgIpc) is 2.65. The fraction of sp³-hybridized carbons (Fsp3) is 0.158. The Balaban J connectivity index is 2.21. The van der Waals surface area contributed by atoms with Crippen molar-refractivity contribution in [2.45, 2.75) is 6.92 Å². The Kier molecular flexibility index (Phi) is 5.95. The molecule has 3 aromatic rings. The SMILES string of the molecule is CCOc1cc2c(Nc3cc(OC)c(Cl)cc3Cl)c(C#N)cnc2cc1Br. The Morgan fingerprint density at radius 3 is 2.63 bits per heavy atom. The van der Waals surface area contributed by atoms with E-state index in [-0.39, 0.29) is 0 Å². The molecule has 138 valence electrons. The van der Waals surface area contributed by atoms with Crippen LogP contribution in [-0.2, 0) is 0 Å². The van der Waals surface area contributed by atoms with E-state index < -0.39 is 0 Å². The van der Waals surface area contributed by atoms with Gasteiger partial charge in [0.25, 0.3) is 0 Å². The third kappa shape index (κ3) is 3.91. The predicted octanol–water partition coefficient (Wildman–Crippen LogP) is 6.33. The molecule has 0 atom stereocenters. The monoisotopic (exact) mass is 465 g/mol. The molecule has 0 saturated carbocycles. The summed E-state index contributed by atoms with van der Waals surface area (Å²) in [7, 11) is 1.52. The van der Waals surface area contributed by atoms with E-state index in [9.17, 15) is 5.26 Å². The highest BCUT2D eigenvalue weighted by molar-refractivity contribution is 9.10. The van der Waals surface area contributed by atoms with Crippen LogP contribution in [0, 0.1) is 11.3 Å². The topological polar surface area (TPSA) is 67.2 Å². The van der Waals surface area contributed by atoms with E-state index in [4.69, 9.17) is 32.7 Å². The van der Waals surface area contributed by atoms with Crippen LogP contribution in [0.4, 0.5) is 11.4 Å². The number of hydrogen-bond acceptors (Lipinski definition) is 5. The first-order valence-corrected chi connectivity index (χ1v) is 9.48. The Bertz CT molecular complexity index is 1070. The van der Waals surface area contributed by atoms with Crippen molar-refractivity contribution >= 4 is 61.4 Å². The largest absolute Gasteiger partial charge is 0.495 e. The minimum atomic E-state index is 0.372. The van der Waals surface area contributed by atoms with Crippen molar-refractivity contribution in [3.63, 3.8) is 0 Å². The molecule has 0 aliphatic heterocycles. The predicted molar refractivity (Wildman–Crippen MR) is 112 cm³/mol. The molecule has 0 saturated heterocycles. The van der Waals surface area contributed by atoms with Gasteiger partial charge in [0.2, 0.25) is 0 Å². The number of nitrogens with zero attached hydrogens (tertiary/aromatic N) is 2. The highest BCUT2D eigenvalue weighted by Crippen LogP contribution is 2.39. The summed E-state index contributed by atoms with van der Waals surface area (Å²) in [6, 6.07) is 9.10. The standard InChI is InChI=1S/C19H14BrCl2N3O2/c1-3-27-17-4-11-15(5-12(17)20)24-9-10(8-23)19(11)25-16-7-18(26-2)14(22)6-13(16)21/h4-7,9H,3H2,1-2H3,(H,24,25). The average molecular weight is 467 g/mol. The van der Waals surface area contributed by atoms with Gasteiger partial charge in [-0.05, 0) is 41.1 Å². The number of methoxy groups -OCH3 is 1. The molecule has 0 amide bonds. The van der Waals surface area contributed by atoms with Gasteiger partial charge in [0.05, 0.1) is 50.7 Å². The molecule has 27 heavy (non-hydrogen) atoms. The lowest BCUT2D eigenvalue weighted by atomic mass is 10.1. The first-order chi connectivity index (χ1) is 13.0. The van der Waals surface area contributed by atoms with E-state index in [2.05, 4.69) is 32.3 Å². The zero-order chi connectivity index (χ0) is 19.6. The van der Waals surface area contributed by atoms with E-state index in [1.165, 1.54) is 13.3 Å². The highest BCUT2D eigenvalue weighted by Gasteiger charge is 2.15. The molecule has 0 bridgehead atoms. The smallest absolute Gasteiger partial charge is 0.139 e. The summed E-state index contributed by atoms with van der Waals surface area (Å²) in [5.41, 5.74) is 2.20. The molecule has 1 aromatic heterocycles. The van der Waals surface area contributed by atoms with Crippen molar-refractivity contribution < 1.29 is 9.47 Å². The molecule has 2 aromatic carbocycles. The second-order valence-corrected chi connectivity index (χ2v) is 7.15. The van der Waals surface area contributed by atoms with Crippen molar-refractivity contribution in [2.75, 3.05) is 19.0 Å². The van der Waals surface area contributed by atoms with Crippen molar-refractivity contribution in [1.29, 1.82) is 5.26 Å². The van der Waals surface area contributed by atoms with Gasteiger partial charge in [0, 0.05) is 17.6 Å². The van der Waals surface area contributed by atoms with Crippen LogP contribution in [0.3, 0.4) is 0 Å². The summed E-state index contributed by atoms with van der Waals surface area (Å²) in [5.74, 6) is 1.13. The summed E-state index contributed by atoms with van der Waals surface area (Å²) in [4.78, 5) is 4.36. The number of aromatic nitrogens is 1. The molecular weight excluding hydrogens is 453 g/mol. The summed E-state index contributed by atoms with van der Waals surface area (Å²) in [5, 5.41) is 14.3. The summed E-state index contributed by atoms with van der Waals surface area (Å²) in [6.45, 7) is 2.41. The zero-order valence-corrected chi connectivity index (χ0v) is 17.5. The van der Waals surface area contributed by atoms with Crippen molar-refractivity contribution in [3.8, 4) is 17.6 Å². The molecule has 0 unspecified atom stereocenters. The molecule has 0 aliphatic carbocycles. The number of benzene rings is 2. The van der Waals surface area contributed by atoms with Crippen LogP contribution >= 0.6 is 39.1 Å². The summed E-state index contributed by atoms with van der Waals surface area (Å²) < 4.78 is 11.7. The minimum absolute atomic E-state index is 0.372. The maximum Gasteiger partial charge on any atom is 0.139 e. The van der Waals surface area contributed by atoms with E-state index in [0.717, 1.165) is 9.86 Å². The number of ether oxygens (including phenoxy) is 2. The number of rotatable bonds is 5. The molecule has 1 heterocycles. The molecular formula is C19H14BrCl2N3O2. The van der Waals surface area contributed by atoms with Gasteiger partial charge in [-0.1, -0.05) is 23.2 Å². The maximum absolute atomic E-state index is 9.55. The lowest BCUT2D eigenvalue weighted by molar-refractivity contribution is 0.338. The second-order valence-electron chi connectivity index (χ2n) is 5.48. The van der Waals surface area contributed by atoms with Gasteiger partial charge in [-0.15, -0.1) is 0 Å². The van der Waals surface area contributed by atoms with E-state index in [1.807, 2.05) is 19.1 Å². The molecule has 0 radical (unpaired) electrons. The van der Waals surface area contributed by atoms with Gasteiger partial charge in [-0.25, -0.2) is 0 Å². The molecule has 0 aliphatic rings. The van der Waals surface area contributed by atoms with Gasteiger partial charge in [0.15, 0.2) is 0 Å². The lowest BCUT2D eigenvalue weighted by Gasteiger charge is -2.15. The third-order valence-electron chi connectivity index (χ3n) is 3.84. The van der Waals surface area contributed by atoms with Gasteiger partial charge in [0.1, 0.15) is 17.6 Å².